The second kappa shape index (κ2) is 5.11. The first kappa shape index (κ1) is 13.5. The number of hydrogen-bond donors (Lipinski definition) is 1. The number of nitrogen functional groups attached to an aromatic ring is 1. The average molecular weight is 291 g/mol. The number of nitrogens with two attached hydrogens (primary N) is 1. The third-order valence-corrected chi connectivity index (χ3v) is 3.30. The maximum absolute atomic E-state index is 9.03. The molecule has 0 radical (unpaired) electrons. The standard InChI is InChI=1S/C14H9N7O/c1-7-10(12(17)13-14(18-7)21-22-20-13)4-9-3-2-8(5-15)11(6-16)19-9/h2-3H,4,17H2,1H3. The minimum Gasteiger partial charge on any atom is -0.396 e. The number of aromatic nitrogens is 4. The van der Waals surface area contributed by atoms with Gasteiger partial charge in [-0.15, -0.1) is 0 Å². The number of anilines is 1. The number of nitriles is 2. The van der Waals surface area contributed by atoms with Gasteiger partial charge >= 0.3 is 0 Å². The molecule has 3 rings (SSSR count). The molecule has 0 unspecified atom stereocenters. The average Bonchev–Trinajstić information content (AvgIpc) is 2.99. The van der Waals surface area contributed by atoms with Gasteiger partial charge in [0.25, 0.3) is 0 Å². The van der Waals surface area contributed by atoms with Crippen LogP contribution in [0.2, 0.25) is 0 Å². The summed E-state index contributed by atoms with van der Waals surface area (Å²) < 4.78 is 4.64. The summed E-state index contributed by atoms with van der Waals surface area (Å²) in [6.07, 6.45) is 0.369. The van der Waals surface area contributed by atoms with E-state index in [2.05, 4.69) is 24.9 Å². The van der Waals surface area contributed by atoms with E-state index in [9.17, 15) is 0 Å². The smallest absolute Gasteiger partial charge is 0.226 e. The van der Waals surface area contributed by atoms with Crippen LogP contribution in [0, 0.1) is 29.6 Å². The van der Waals surface area contributed by atoms with Crippen LogP contribution in [-0.2, 0) is 6.42 Å². The van der Waals surface area contributed by atoms with Gasteiger partial charge in [0.2, 0.25) is 5.65 Å². The van der Waals surface area contributed by atoms with E-state index in [-0.39, 0.29) is 11.3 Å². The molecule has 0 aliphatic rings. The molecule has 0 spiro atoms. The van der Waals surface area contributed by atoms with Crippen LogP contribution in [0.15, 0.2) is 16.8 Å². The number of pyridine rings is 2. The Morgan fingerprint density at radius 3 is 2.73 bits per heavy atom. The van der Waals surface area contributed by atoms with Crippen LogP contribution in [0.3, 0.4) is 0 Å². The van der Waals surface area contributed by atoms with Crippen molar-refractivity contribution in [1.29, 1.82) is 10.5 Å². The fourth-order valence-electron chi connectivity index (χ4n) is 2.17. The SMILES string of the molecule is Cc1nc2nonc2c(N)c1Cc1ccc(C#N)c(C#N)n1. The summed E-state index contributed by atoms with van der Waals surface area (Å²) >= 11 is 0. The van der Waals surface area contributed by atoms with Crippen molar-refractivity contribution in [1.82, 2.24) is 20.3 Å². The zero-order valence-corrected chi connectivity index (χ0v) is 11.5. The van der Waals surface area contributed by atoms with Crippen molar-refractivity contribution in [3.8, 4) is 12.1 Å². The Labute approximate surface area is 124 Å². The lowest BCUT2D eigenvalue weighted by Gasteiger charge is -2.08. The summed E-state index contributed by atoms with van der Waals surface area (Å²) in [5.41, 5.74) is 9.64. The first-order chi connectivity index (χ1) is 10.6. The number of nitrogens with zero attached hydrogens (tertiary/aromatic N) is 6. The minimum absolute atomic E-state index is 0.0911. The van der Waals surface area contributed by atoms with Crippen LogP contribution in [0.5, 0.6) is 0 Å². The van der Waals surface area contributed by atoms with Crippen molar-refractivity contribution in [3.05, 3.63) is 40.3 Å². The molecular formula is C14H9N7O. The molecule has 2 N–H and O–H groups in total. The Morgan fingerprint density at radius 2 is 2.00 bits per heavy atom. The summed E-state index contributed by atoms with van der Waals surface area (Å²) in [5.74, 6) is 0. The van der Waals surface area contributed by atoms with Gasteiger partial charge in [-0.25, -0.2) is 14.6 Å². The van der Waals surface area contributed by atoms with Crippen molar-refractivity contribution in [2.45, 2.75) is 13.3 Å². The summed E-state index contributed by atoms with van der Waals surface area (Å²) in [7, 11) is 0. The van der Waals surface area contributed by atoms with Crippen LogP contribution in [0.25, 0.3) is 11.2 Å². The van der Waals surface area contributed by atoms with Gasteiger partial charge < -0.3 is 5.73 Å². The van der Waals surface area contributed by atoms with Crippen molar-refractivity contribution in [2.75, 3.05) is 5.73 Å². The molecule has 0 saturated heterocycles. The summed E-state index contributed by atoms with van der Waals surface area (Å²) in [5, 5.41) is 25.3. The molecule has 8 nitrogen and oxygen atoms in total. The molecular weight excluding hydrogens is 282 g/mol. The van der Waals surface area contributed by atoms with Crippen molar-refractivity contribution in [2.24, 2.45) is 0 Å². The number of aryl methyl sites for hydroxylation is 1. The van der Waals surface area contributed by atoms with Crippen LogP contribution >= 0.6 is 0 Å². The highest BCUT2D eigenvalue weighted by molar-refractivity contribution is 5.85. The zero-order valence-electron chi connectivity index (χ0n) is 11.5. The Morgan fingerprint density at radius 1 is 1.18 bits per heavy atom. The highest BCUT2D eigenvalue weighted by Crippen LogP contribution is 2.25. The first-order valence-corrected chi connectivity index (χ1v) is 6.31. The Kier molecular flexibility index (Phi) is 3.13. The molecule has 0 aliphatic heterocycles. The van der Waals surface area contributed by atoms with E-state index >= 15 is 0 Å². The molecule has 0 aromatic carbocycles. The fraction of sp³-hybridized carbons (Fsp3) is 0.143. The molecule has 0 amide bonds. The van der Waals surface area contributed by atoms with Gasteiger partial charge in [0, 0.05) is 23.4 Å². The highest BCUT2D eigenvalue weighted by atomic mass is 16.6. The molecule has 3 aromatic rings. The molecule has 8 heteroatoms. The van der Waals surface area contributed by atoms with Gasteiger partial charge in [-0.1, -0.05) is 0 Å². The quantitative estimate of drug-likeness (QED) is 0.743. The van der Waals surface area contributed by atoms with Gasteiger partial charge in [0.1, 0.15) is 12.1 Å². The third-order valence-electron chi connectivity index (χ3n) is 3.30. The molecule has 0 fully saturated rings. The molecule has 106 valence electrons. The van der Waals surface area contributed by atoms with E-state index in [1.54, 1.807) is 19.1 Å². The van der Waals surface area contributed by atoms with Gasteiger partial charge in [0.05, 0.1) is 11.3 Å². The van der Waals surface area contributed by atoms with E-state index < -0.39 is 0 Å². The van der Waals surface area contributed by atoms with Crippen LogP contribution in [0.4, 0.5) is 5.69 Å². The lowest BCUT2D eigenvalue weighted by molar-refractivity contribution is 0.315. The fourth-order valence-corrected chi connectivity index (χ4v) is 2.17. The summed E-state index contributed by atoms with van der Waals surface area (Å²) in [6.45, 7) is 1.80. The Balaban J connectivity index is 2.07. The molecule has 0 atom stereocenters. The maximum atomic E-state index is 9.03. The van der Waals surface area contributed by atoms with Crippen molar-refractivity contribution < 1.29 is 4.63 Å². The molecule has 0 bridgehead atoms. The van der Waals surface area contributed by atoms with E-state index in [4.69, 9.17) is 16.3 Å². The van der Waals surface area contributed by atoms with Gasteiger partial charge in [0.15, 0.2) is 11.2 Å². The predicted molar refractivity (Wildman–Crippen MR) is 75.2 cm³/mol. The van der Waals surface area contributed by atoms with Gasteiger partial charge in [-0.3, -0.25) is 0 Å². The van der Waals surface area contributed by atoms with Crippen molar-refractivity contribution in [3.63, 3.8) is 0 Å². The monoisotopic (exact) mass is 291 g/mol. The first-order valence-electron chi connectivity index (χ1n) is 6.31. The third kappa shape index (κ3) is 2.09. The van der Waals surface area contributed by atoms with Crippen LogP contribution in [-0.4, -0.2) is 20.3 Å². The number of hydrogen-bond acceptors (Lipinski definition) is 8. The Hall–Kier alpha value is -3.52. The minimum atomic E-state index is 0.0911. The Bertz CT molecular complexity index is 962. The van der Waals surface area contributed by atoms with Gasteiger partial charge in [-0.2, -0.15) is 10.5 Å². The highest BCUT2D eigenvalue weighted by Gasteiger charge is 2.16. The lowest BCUT2D eigenvalue weighted by atomic mass is 10.0. The molecule has 22 heavy (non-hydrogen) atoms. The summed E-state index contributed by atoms with van der Waals surface area (Å²) in [6, 6.07) is 7.09. The van der Waals surface area contributed by atoms with Crippen LogP contribution < -0.4 is 5.73 Å². The number of fused-ring (bicyclic) bond motifs is 1. The normalized spacial score (nSPS) is 10.3. The molecule has 3 heterocycles. The second-order valence-electron chi connectivity index (χ2n) is 4.63. The zero-order chi connectivity index (χ0) is 15.7. The van der Waals surface area contributed by atoms with E-state index in [1.807, 2.05) is 12.1 Å². The van der Waals surface area contributed by atoms with E-state index in [0.717, 1.165) is 5.56 Å². The molecule has 3 aromatic heterocycles. The number of rotatable bonds is 2. The van der Waals surface area contributed by atoms with Crippen molar-refractivity contribution >= 4 is 16.9 Å². The van der Waals surface area contributed by atoms with E-state index in [0.29, 0.717) is 34.7 Å². The molecule has 0 saturated carbocycles. The summed E-state index contributed by atoms with van der Waals surface area (Å²) in [4.78, 5) is 8.46. The maximum Gasteiger partial charge on any atom is 0.226 e. The predicted octanol–water partition coefficient (Wildman–Crippen LogP) is 1.24. The van der Waals surface area contributed by atoms with E-state index in [1.165, 1.54) is 0 Å². The second-order valence-corrected chi connectivity index (χ2v) is 4.63. The molecule has 0 aliphatic carbocycles. The van der Waals surface area contributed by atoms with Gasteiger partial charge in [-0.05, 0) is 29.4 Å². The topological polar surface area (TPSA) is 138 Å². The lowest BCUT2D eigenvalue weighted by Crippen LogP contribution is -2.04. The largest absolute Gasteiger partial charge is 0.396 e. The van der Waals surface area contributed by atoms with Crippen LogP contribution in [0.1, 0.15) is 28.2 Å².